The van der Waals surface area contributed by atoms with Crippen LogP contribution in [-0.2, 0) is 25.5 Å². The van der Waals surface area contributed by atoms with Crippen molar-refractivity contribution in [1.82, 2.24) is 0 Å². The van der Waals surface area contributed by atoms with E-state index < -0.39 is 35.6 Å². The molecule has 160 valence electrons. The zero-order valence-electron chi connectivity index (χ0n) is 16.3. The molecule has 30 heavy (non-hydrogen) atoms. The third kappa shape index (κ3) is 6.64. The van der Waals surface area contributed by atoms with Crippen molar-refractivity contribution in [2.75, 3.05) is 6.61 Å². The number of halogens is 2. The molecule has 0 aliphatic rings. The molecule has 8 heteroatoms. The van der Waals surface area contributed by atoms with E-state index >= 15 is 0 Å². The summed E-state index contributed by atoms with van der Waals surface area (Å²) in [6, 6.07) is 11.0. The first-order valence-corrected chi connectivity index (χ1v) is 9.74. The molecule has 2 N–H and O–H groups in total. The topological polar surface area (TPSA) is 101 Å². The zero-order chi connectivity index (χ0) is 22.3. The lowest BCUT2D eigenvalue weighted by Gasteiger charge is -2.18. The van der Waals surface area contributed by atoms with Crippen LogP contribution in [0.3, 0.4) is 0 Å². The Morgan fingerprint density at radius 1 is 1.13 bits per heavy atom. The number of rotatable bonds is 10. The van der Waals surface area contributed by atoms with E-state index in [-0.39, 0.29) is 25.9 Å². The fourth-order valence-electron chi connectivity index (χ4n) is 3.08. The molecular formula is C22H22ClFO6. The van der Waals surface area contributed by atoms with Crippen molar-refractivity contribution in [3.05, 3.63) is 58.9 Å². The van der Waals surface area contributed by atoms with Crippen LogP contribution in [0.5, 0.6) is 0 Å². The number of ether oxygens (including phenoxy) is 1. The minimum Gasteiger partial charge on any atom is -0.479 e. The highest BCUT2D eigenvalue weighted by Crippen LogP contribution is 2.27. The van der Waals surface area contributed by atoms with Crippen LogP contribution in [0.25, 0.3) is 11.1 Å². The van der Waals surface area contributed by atoms with Crippen molar-refractivity contribution in [2.45, 2.75) is 32.3 Å². The van der Waals surface area contributed by atoms with Gasteiger partial charge in [0.25, 0.3) is 0 Å². The molecule has 0 aromatic heterocycles. The average molecular weight is 437 g/mol. The van der Waals surface area contributed by atoms with Gasteiger partial charge in [0.1, 0.15) is 5.82 Å². The molecule has 0 saturated heterocycles. The lowest BCUT2D eigenvalue weighted by atomic mass is 9.88. The Kier molecular flexibility index (Phi) is 8.50. The molecule has 0 aliphatic carbocycles. The van der Waals surface area contributed by atoms with Crippen molar-refractivity contribution < 1.29 is 33.7 Å². The molecule has 2 rings (SSSR count). The molecule has 0 saturated carbocycles. The average Bonchev–Trinajstić information content (AvgIpc) is 2.70. The number of carboxylic acid groups (broad SMARTS) is 1. The molecule has 0 heterocycles. The largest absolute Gasteiger partial charge is 0.479 e. The number of aliphatic hydroxyl groups excluding tert-OH is 1. The number of esters is 1. The van der Waals surface area contributed by atoms with Crippen LogP contribution in [0, 0.1) is 11.7 Å². The Hall–Kier alpha value is -2.77. The van der Waals surface area contributed by atoms with Crippen LogP contribution in [-0.4, -0.2) is 40.6 Å². The Bertz CT molecular complexity index is 912. The molecule has 0 radical (unpaired) electrons. The third-order valence-corrected chi connectivity index (χ3v) is 4.77. The highest BCUT2D eigenvalue weighted by Gasteiger charge is 2.26. The summed E-state index contributed by atoms with van der Waals surface area (Å²) in [5, 5.41) is 19.1. The first-order chi connectivity index (χ1) is 14.2. The number of Topliss-reactive ketones (excluding diaryl/α,β-unsaturated/α-hetero) is 1. The lowest BCUT2D eigenvalue weighted by Crippen LogP contribution is -2.27. The first-order valence-electron chi connectivity index (χ1n) is 9.36. The van der Waals surface area contributed by atoms with Gasteiger partial charge in [-0.2, -0.15) is 0 Å². The summed E-state index contributed by atoms with van der Waals surface area (Å²) in [6.07, 6.45) is -1.88. The lowest BCUT2D eigenvalue weighted by molar-refractivity contribution is -0.154. The number of aliphatic hydroxyl groups is 1. The van der Waals surface area contributed by atoms with Gasteiger partial charge in [0.05, 0.1) is 6.61 Å². The maximum Gasteiger partial charge on any atom is 0.374 e. The number of carbonyl (C=O) groups excluding carboxylic acids is 2. The second kappa shape index (κ2) is 10.8. The monoisotopic (exact) mass is 436 g/mol. The Morgan fingerprint density at radius 3 is 2.40 bits per heavy atom. The summed E-state index contributed by atoms with van der Waals surface area (Å²) in [6.45, 7) is 1.62. The van der Waals surface area contributed by atoms with Crippen LogP contribution in [0.1, 0.15) is 25.3 Å². The Morgan fingerprint density at radius 2 is 1.80 bits per heavy atom. The van der Waals surface area contributed by atoms with E-state index in [0.717, 1.165) is 5.56 Å². The standard InChI is InChI=1S/C22H22ClFO6/c1-2-30-22(29)20(26)11-14(10-19(25)21(27)28)9-13-3-5-15(6-4-13)17-12-16(23)7-8-18(17)24/h3-8,12,14,19,25H,2,9-11H2,1H3,(H,27,28)/t14-,19-/m1/s1. The second-order valence-electron chi connectivity index (χ2n) is 6.83. The predicted molar refractivity (Wildman–Crippen MR) is 109 cm³/mol. The molecule has 0 fully saturated rings. The normalized spacial score (nSPS) is 12.8. The number of ketones is 1. The molecule has 0 aliphatic heterocycles. The summed E-state index contributed by atoms with van der Waals surface area (Å²) >= 11 is 5.93. The van der Waals surface area contributed by atoms with Gasteiger partial charge in [0.2, 0.25) is 5.78 Å². The molecule has 2 aromatic rings. The first kappa shape index (κ1) is 23.5. The SMILES string of the molecule is CCOC(=O)C(=O)C[C@H](Cc1ccc(-c2cc(Cl)ccc2F)cc1)C[C@@H](O)C(=O)O. The molecule has 0 amide bonds. The van der Waals surface area contributed by atoms with E-state index in [1.54, 1.807) is 31.2 Å². The molecule has 2 atom stereocenters. The highest BCUT2D eigenvalue weighted by molar-refractivity contribution is 6.33. The number of carboxylic acids is 1. The minimum atomic E-state index is -1.66. The van der Waals surface area contributed by atoms with Crippen LogP contribution in [0.15, 0.2) is 42.5 Å². The maximum absolute atomic E-state index is 14.0. The smallest absolute Gasteiger partial charge is 0.374 e. The minimum absolute atomic E-state index is 0.0501. The van der Waals surface area contributed by atoms with Gasteiger partial charge in [-0.3, -0.25) is 4.79 Å². The fourth-order valence-corrected chi connectivity index (χ4v) is 3.26. The van der Waals surface area contributed by atoms with Crippen LogP contribution < -0.4 is 0 Å². The van der Waals surface area contributed by atoms with Gasteiger partial charge in [-0.05, 0) is 55.0 Å². The predicted octanol–water partition coefficient (Wildman–Crippen LogP) is 3.66. The third-order valence-electron chi connectivity index (χ3n) is 4.54. The van der Waals surface area contributed by atoms with Crippen molar-refractivity contribution in [3.8, 4) is 11.1 Å². The van der Waals surface area contributed by atoms with Gasteiger partial charge in [0.15, 0.2) is 6.10 Å². The molecular weight excluding hydrogens is 415 g/mol. The van der Waals surface area contributed by atoms with Gasteiger partial charge in [0, 0.05) is 17.0 Å². The molecule has 2 aromatic carbocycles. The maximum atomic E-state index is 14.0. The van der Waals surface area contributed by atoms with Crippen molar-refractivity contribution >= 4 is 29.3 Å². The highest BCUT2D eigenvalue weighted by atomic mass is 35.5. The zero-order valence-corrected chi connectivity index (χ0v) is 17.1. The van der Waals surface area contributed by atoms with Crippen LogP contribution in [0.4, 0.5) is 4.39 Å². The summed E-state index contributed by atoms with van der Waals surface area (Å²) in [5.74, 6) is -4.19. The number of carbonyl (C=O) groups is 3. The molecule has 0 unspecified atom stereocenters. The number of benzene rings is 2. The van der Waals surface area contributed by atoms with Crippen molar-refractivity contribution in [1.29, 1.82) is 0 Å². The Balaban J connectivity index is 2.17. The van der Waals surface area contributed by atoms with Gasteiger partial charge in [-0.15, -0.1) is 0 Å². The van der Waals surface area contributed by atoms with E-state index in [4.69, 9.17) is 16.7 Å². The summed E-state index contributed by atoms with van der Waals surface area (Å²) in [5.41, 5.74) is 1.67. The summed E-state index contributed by atoms with van der Waals surface area (Å²) in [7, 11) is 0. The van der Waals surface area contributed by atoms with E-state index in [1.807, 2.05) is 0 Å². The quantitative estimate of drug-likeness (QED) is 0.435. The number of hydrogen-bond donors (Lipinski definition) is 2. The van der Waals surface area contributed by atoms with E-state index in [0.29, 0.717) is 16.1 Å². The van der Waals surface area contributed by atoms with Gasteiger partial charge in [-0.1, -0.05) is 35.9 Å². The van der Waals surface area contributed by atoms with Crippen molar-refractivity contribution in [2.24, 2.45) is 5.92 Å². The second-order valence-corrected chi connectivity index (χ2v) is 7.27. The van der Waals surface area contributed by atoms with Crippen LogP contribution in [0.2, 0.25) is 5.02 Å². The molecule has 0 spiro atoms. The Labute approximate surface area is 178 Å². The number of aliphatic carboxylic acids is 1. The fraction of sp³-hybridized carbons (Fsp3) is 0.318. The van der Waals surface area contributed by atoms with E-state index in [1.165, 1.54) is 18.2 Å². The van der Waals surface area contributed by atoms with Gasteiger partial charge in [-0.25, -0.2) is 14.0 Å². The van der Waals surface area contributed by atoms with Gasteiger partial charge >= 0.3 is 11.9 Å². The van der Waals surface area contributed by atoms with Crippen LogP contribution >= 0.6 is 11.6 Å². The summed E-state index contributed by atoms with van der Waals surface area (Å²) in [4.78, 5) is 34.6. The van der Waals surface area contributed by atoms with Gasteiger partial charge < -0.3 is 14.9 Å². The molecule has 6 nitrogen and oxygen atoms in total. The van der Waals surface area contributed by atoms with Crippen molar-refractivity contribution in [3.63, 3.8) is 0 Å². The number of hydrogen-bond acceptors (Lipinski definition) is 5. The molecule has 0 bridgehead atoms. The van der Waals surface area contributed by atoms with E-state index in [2.05, 4.69) is 4.74 Å². The summed E-state index contributed by atoms with van der Waals surface area (Å²) < 4.78 is 18.7. The van der Waals surface area contributed by atoms with E-state index in [9.17, 15) is 23.9 Å².